The lowest BCUT2D eigenvalue weighted by Gasteiger charge is -2.19. The SMILES string of the molecule is CC(C)(C#N)c1cc(Cn2cncn2)cc(-c2cccc(C(=O)c3ccccc3)c2)c1.COc1ccc(-c2cccc(Cn3cncn3)c2)cc1.NS(=O)(=O)Oc1ccc(-c2cccc(Cn3cncn3)c2)cc1.NS(=O)(=O)Oc1ccc(-c2cccc(Cn3cncn3)c2)cc1Cl.NS(=O)(=O)Oc1cccc(-c2cccc(Cn3cncn3)c2)c1.c1ccc(-c2ccc(-c3cccc(Cn4cncn4)c3)cc2)cc1. The zero-order valence-electron chi connectivity index (χ0n) is 78.3. The van der Waals surface area contributed by atoms with Gasteiger partial charge < -0.3 is 17.3 Å². The Balaban J connectivity index is 0.000000131. The Morgan fingerprint density at radius 1 is 0.303 bits per heavy atom. The van der Waals surface area contributed by atoms with Crippen LogP contribution in [0.1, 0.15) is 68.7 Å². The molecule has 0 spiro atoms. The Kier molecular flexibility index (Phi) is 34.0. The molecule has 20 rings (SSSR count). The zero-order valence-corrected chi connectivity index (χ0v) is 81.5. The van der Waals surface area contributed by atoms with E-state index in [4.69, 9.17) is 35.9 Å². The van der Waals surface area contributed by atoms with Gasteiger partial charge in [0.15, 0.2) is 11.5 Å². The molecule has 0 amide bonds. The molecule has 0 aliphatic rings. The van der Waals surface area contributed by atoms with Crippen molar-refractivity contribution < 1.29 is 47.3 Å². The number of hydrogen-bond donors (Lipinski definition) is 3. The Morgan fingerprint density at radius 2 is 0.593 bits per heavy atom. The summed E-state index contributed by atoms with van der Waals surface area (Å²) in [7, 11) is -10.5. The number of halogens is 1. The van der Waals surface area contributed by atoms with Crippen LogP contribution >= 0.6 is 11.6 Å². The van der Waals surface area contributed by atoms with Crippen LogP contribution < -0.4 is 32.7 Å². The van der Waals surface area contributed by atoms with E-state index in [1.807, 2.05) is 187 Å². The first-order chi connectivity index (χ1) is 70.1. The van der Waals surface area contributed by atoms with Gasteiger partial charge in [-0.2, -0.15) is 76.5 Å². The Morgan fingerprint density at radius 3 is 0.959 bits per heavy atom. The van der Waals surface area contributed by atoms with E-state index in [0.717, 1.165) is 91.2 Å². The number of benzene rings is 14. The third-order valence-corrected chi connectivity index (χ3v) is 23.5. The Hall–Kier alpha value is -17.7. The lowest BCUT2D eigenvalue weighted by molar-refractivity contribution is 0.103. The van der Waals surface area contributed by atoms with Crippen molar-refractivity contribution in [3.05, 3.63) is 471 Å². The second kappa shape index (κ2) is 48.5. The van der Waals surface area contributed by atoms with Crippen LogP contribution in [0.4, 0.5) is 0 Å². The first kappa shape index (κ1) is 102. The minimum atomic E-state index is -4.11. The highest BCUT2D eigenvalue weighted by Gasteiger charge is 2.23. The molecule has 0 atom stereocenters. The van der Waals surface area contributed by atoms with Crippen LogP contribution in [0.3, 0.4) is 0 Å². The summed E-state index contributed by atoms with van der Waals surface area (Å²) in [4.78, 5) is 36.6. The maximum atomic E-state index is 12.9. The molecule has 728 valence electrons. The second-order valence-electron chi connectivity index (χ2n) is 33.1. The number of ketones is 1. The Bertz CT molecular complexity index is 8050. The number of hydrogen-bond acceptors (Lipinski definition) is 24. The fourth-order valence-electron chi connectivity index (χ4n) is 15.1. The number of carbonyl (C=O) groups excluding carboxylic acids is 1. The summed E-state index contributed by atoms with van der Waals surface area (Å²) in [6, 6.07) is 111. The normalized spacial score (nSPS) is 11.1. The highest BCUT2D eigenvalue weighted by molar-refractivity contribution is 7.85. The van der Waals surface area contributed by atoms with Gasteiger partial charge in [0, 0.05) is 11.1 Å². The lowest BCUT2D eigenvalue weighted by atomic mass is 9.83. The molecule has 6 heterocycles. The molecular weight excluding hydrogens is 1910 g/mol. The van der Waals surface area contributed by atoms with Gasteiger partial charge in [-0.15, -0.1) is 0 Å². The molecule has 20 aromatic rings. The van der Waals surface area contributed by atoms with Crippen LogP contribution in [0.2, 0.25) is 5.02 Å². The average molecular weight is 2010 g/mol. The van der Waals surface area contributed by atoms with Crippen molar-refractivity contribution in [2.45, 2.75) is 58.5 Å². The fraction of sp³-hybridized carbons (Fsp3) is 0.0926. The molecule has 33 nitrogen and oxygen atoms in total. The highest BCUT2D eigenvalue weighted by Crippen LogP contribution is 2.36. The number of rotatable bonds is 29. The zero-order chi connectivity index (χ0) is 102. The van der Waals surface area contributed by atoms with E-state index in [0.29, 0.717) is 37.3 Å². The molecular formula is C108H95ClN22O11S3. The summed E-state index contributed by atoms with van der Waals surface area (Å²) >= 11 is 6.07. The molecule has 0 radical (unpaired) electrons. The van der Waals surface area contributed by atoms with E-state index < -0.39 is 36.3 Å². The van der Waals surface area contributed by atoms with Crippen molar-refractivity contribution in [1.82, 2.24) is 88.6 Å². The van der Waals surface area contributed by atoms with Gasteiger partial charge in [0.05, 0.1) is 62.9 Å². The molecule has 14 aromatic carbocycles. The van der Waals surface area contributed by atoms with Crippen molar-refractivity contribution in [3.63, 3.8) is 0 Å². The number of nitrogens with zero attached hydrogens (tertiary/aromatic N) is 19. The number of nitrogens with two attached hydrogens (primary N) is 3. The van der Waals surface area contributed by atoms with E-state index in [-0.39, 0.29) is 28.1 Å². The molecule has 6 N–H and O–H groups in total. The average Bonchev–Trinajstić information content (AvgIpc) is 1.23. The number of nitriles is 1. The lowest BCUT2D eigenvalue weighted by Crippen LogP contribution is -2.19. The molecule has 0 aliphatic carbocycles. The van der Waals surface area contributed by atoms with Gasteiger partial charge >= 0.3 is 30.9 Å². The Labute approximate surface area is 842 Å². The van der Waals surface area contributed by atoms with Crippen LogP contribution in [-0.4, -0.2) is 127 Å². The quantitative estimate of drug-likeness (QED) is 0.0366. The van der Waals surface area contributed by atoms with Crippen molar-refractivity contribution in [2.24, 2.45) is 15.4 Å². The number of aromatic nitrogens is 18. The first-order valence-corrected chi connectivity index (χ1v) is 49.5. The molecule has 145 heavy (non-hydrogen) atoms. The molecule has 0 unspecified atom stereocenters. The summed E-state index contributed by atoms with van der Waals surface area (Å²) in [5.74, 6) is 1.19. The standard InChI is InChI=1S/C26H22N4O.C21H17N3.C16H15N3O.C15H13ClN4O3S.2C15H14N4O3S/c1-26(2,16-27)24-12-19(15-30-18-28-17-29-30)11-23(14-24)21-9-6-10-22(13-21)25(31)20-7-4-3-5-8-20;1-2-6-18(7-3-1)19-9-11-20(12-10-19)21-8-4-5-17(13-21)14-24-16-22-15-23-24;1-20-16-7-5-14(6-8-16)15-4-2-3-13(9-15)10-19-12-17-11-18-19;16-14-7-13(4-5-15(14)23-24(17,21)22)12-3-1-2-11(6-12)8-20-10-18-9-19-20;16-23(20,21)22-15-6-2-5-14(8-15)13-4-1-3-12(7-13)9-19-11-17-10-18-19;16-23(20,21)22-15-6-4-13(5-7-15)14-3-1-2-12(8-14)9-19-11-17-10-18-19/h3-14,17-18H,15H2,1-2H3;1-13,15-16H,14H2;2-9,11-12H,10H2,1H3;1-7,9-10H,8H2,(H2,17,21,22);2*1-8,10-11H,9H2,(H2,16,20,21). The van der Waals surface area contributed by atoms with Crippen molar-refractivity contribution in [3.8, 4) is 107 Å². The van der Waals surface area contributed by atoms with Gasteiger partial charge in [-0.3, -0.25) is 4.79 Å². The predicted molar refractivity (Wildman–Crippen MR) is 553 cm³/mol. The topological polar surface area (TPSA) is 443 Å². The number of carbonyl (C=O) groups is 1. The van der Waals surface area contributed by atoms with Gasteiger partial charge in [-0.1, -0.05) is 254 Å². The second-order valence-corrected chi connectivity index (χ2v) is 37.0. The van der Waals surface area contributed by atoms with Gasteiger partial charge in [0.25, 0.3) is 0 Å². The minimum Gasteiger partial charge on any atom is -0.497 e. The van der Waals surface area contributed by atoms with Crippen molar-refractivity contribution in [1.29, 1.82) is 5.26 Å². The molecule has 0 saturated heterocycles. The monoisotopic (exact) mass is 2010 g/mol. The third-order valence-electron chi connectivity index (χ3n) is 22.0. The van der Waals surface area contributed by atoms with Crippen LogP contribution in [0.15, 0.2) is 416 Å². The smallest absolute Gasteiger partial charge is 0.380 e. The van der Waals surface area contributed by atoms with E-state index in [1.54, 1.807) is 125 Å². The van der Waals surface area contributed by atoms with E-state index in [2.05, 4.69) is 190 Å². The summed E-state index contributed by atoms with van der Waals surface area (Å²) in [5.41, 5.74) is 22.8. The van der Waals surface area contributed by atoms with Crippen molar-refractivity contribution >= 4 is 48.3 Å². The minimum absolute atomic E-state index is 0.0123. The molecule has 0 bridgehead atoms. The van der Waals surface area contributed by atoms with Crippen LogP contribution in [0.25, 0.3) is 77.9 Å². The van der Waals surface area contributed by atoms with Gasteiger partial charge in [-0.25, -0.2) is 58.0 Å². The maximum absolute atomic E-state index is 12.9. The van der Waals surface area contributed by atoms with Crippen LogP contribution in [-0.2, 0) is 75.6 Å². The van der Waals surface area contributed by atoms with Crippen LogP contribution in [0.5, 0.6) is 23.0 Å². The number of methoxy groups -OCH3 is 1. The van der Waals surface area contributed by atoms with Crippen LogP contribution in [0, 0.1) is 11.3 Å². The molecule has 0 saturated carbocycles. The summed E-state index contributed by atoms with van der Waals surface area (Å²) in [6.07, 6.45) is 19.1. The van der Waals surface area contributed by atoms with E-state index in [1.165, 1.54) is 81.9 Å². The first-order valence-electron chi connectivity index (χ1n) is 44.7. The molecule has 0 aliphatic heterocycles. The summed E-state index contributed by atoms with van der Waals surface area (Å²) in [6.45, 7) is 7.63. The maximum Gasteiger partial charge on any atom is 0.380 e. The van der Waals surface area contributed by atoms with Gasteiger partial charge in [0.2, 0.25) is 0 Å². The largest absolute Gasteiger partial charge is 0.497 e. The van der Waals surface area contributed by atoms with E-state index in [9.17, 15) is 35.3 Å². The summed E-state index contributed by atoms with van der Waals surface area (Å²) in [5, 5.41) is 49.1. The molecule has 37 heteroatoms. The number of ether oxygens (including phenoxy) is 1. The molecule has 6 aromatic heterocycles. The van der Waals surface area contributed by atoms with E-state index >= 15 is 0 Å². The third kappa shape index (κ3) is 30.9. The molecule has 0 fully saturated rings. The highest BCUT2D eigenvalue weighted by atomic mass is 35.5. The predicted octanol–water partition coefficient (Wildman–Crippen LogP) is 18.1. The van der Waals surface area contributed by atoms with Crippen molar-refractivity contribution in [2.75, 3.05) is 7.11 Å². The fourth-order valence-corrected chi connectivity index (χ4v) is 16.5. The summed E-state index contributed by atoms with van der Waals surface area (Å²) < 4.78 is 95.5. The van der Waals surface area contributed by atoms with Gasteiger partial charge in [0.1, 0.15) is 93.2 Å². The van der Waals surface area contributed by atoms with Gasteiger partial charge in [-0.05, 0) is 228 Å².